The molecule has 0 spiro atoms. The molecule has 1 atom stereocenters. The van der Waals surface area contributed by atoms with Crippen LogP contribution in [0.15, 0.2) is 59.5 Å². The lowest BCUT2D eigenvalue weighted by Crippen LogP contribution is -2.20. The van der Waals surface area contributed by atoms with Crippen molar-refractivity contribution in [1.82, 2.24) is 14.5 Å². The molecular formula is C28H33N5O2. The van der Waals surface area contributed by atoms with Gasteiger partial charge in [-0.3, -0.25) is 9.36 Å². The van der Waals surface area contributed by atoms with Crippen molar-refractivity contribution in [2.45, 2.75) is 59.4 Å². The Morgan fingerprint density at radius 1 is 1.11 bits per heavy atom. The van der Waals surface area contributed by atoms with Gasteiger partial charge in [0.05, 0.1) is 5.69 Å². The van der Waals surface area contributed by atoms with E-state index in [9.17, 15) is 9.59 Å². The van der Waals surface area contributed by atoms with Gasteiger partial charge in [0.1, 0.15) is 5.52 Å². The van der Waals surface area contributed by atoms with Crippen LogP contribution in [0.1, 0.15) is 68.6 Å². The van der Waals surface area contributed by atoms with E-state index in [2.05, 4.69) is 47.4 Å². The van der Waals surface area contributed by atoms with Gasteiger partial charge < -0.3 is 15.6 Å². The number of rotatable bonds is 6. The largest absolute Gasteiger partial charge is 0.353 e. The number of H-pyrrole nitrogens is 1. The molecule has 4 rings (SSSR count). The minimum absolute atomic E-state index is 0.00753. The summed E-state index contributed by atoms with van der Waals surface area (Å²) < 4.78 is 1.68. The van der Waals surface area contributed by atoms with Gasteiger partial charge in [-0.25, -0.2) is 9.78 Å². The Bertz CT molecular complexity index is 1440. The molecule has 1 unspecified atom stereocenters. The van der Waals surface area contributed by atoms with Gasteiger partial charge in [-0.15, -0.1) is 0 Å². The number of aromatic nitrogens is 3. The van der Waals surface area contributed by atoms with Crippen LogP contribution in [0.4, 0.5) is 17.1 Å². The van der Waals surface area contributed by atoms with Crippen LogP contribution in [-0.4, -0.2) is 20.4 Å². The van der Waals surface area contributed by atoms with Crippen LogP contribution >= 0.6 is 0 Å². The molecule has 7 nitrogen and oxygen atoms in total. The summed E-state index contributed by atoms with van der Waals surface area (Å²) in [5.74, 6) is -0.185. The Hall–Kier alpha value is -3.87. The summed E-state index contributed by atoms with van der Waals surface area (Å²) in [6.45, 7) is 12.4. The SMILES string of the molecule is CCC(C)n1c(=O)[nH]c2c(Nc3cc(C(=O)Nc4cccc(C(C)(C)C)c4)ccc3C)ccnc21. The highest BCUT2D eigenvalue weighted by Crippen LogP contribution is 2.28. The van der Waals surface area contributed by atoms with Crippen LogP contribution in [0.3, 0.4) is 0 Å². The van der Waals surface area contributed by atoms with Gasteiger partial charge in [-0.2, -0.15) is 0 Å². The van der Waals surface area contributed by atoms with Crippen molar-refractivity contribution < 1.29 is 4.79 Å². The van der Waals surface area contributed by atoms with E-state index in [1.807, 2.05) is 63.2 Å². The second-order valence-corrected chi connectivity index (χ2v) is 10.1. The minimum Gasteiger partial charge on any atom is -0.353 e. The number of imidazole rings is 1. The van der Waals surface area contributed by atoms with Crippen LogP contribution < -0.4 is 16.3 Å². The van der Waals surface area contributed by atoms with E-state index >= 15 is 0 Å². The highest BCUT2D eigenvalue weighted by atomic mass is 16.2. The number of nitrogens with zero attached hydrogens (tertiary/aromatic N) is 2. The molecule has 0 bridgehead atoms. The molecule has 0 saturated heterocycles. The average molecular weight is 472 g/mol. The summed E-state index contributed by atoms with van der Waals surface area (Å²) in [4.78, 5) is 33.0. The first-order valence-corrected chi connectivity index (χ1v) is 12.0. The lowest BCUT2D eigenvalue weighted by atomic mass is 9.87. The maximum atomic E-state index is 13.1. The summed E-state index contributed by atoms with van der Waals surface area (Å²) in [6.07, 6.45) is 2.51. The van der Waals surface area contributed by atoms with Crippen molar-refractivity contribution in [2.75, 3.05) is 10.6 Å². The van der Waals surface area contributed by atoms with E-state index in [0.717, 1.165) is 34.6 Å². The fourth-order valence-electron chi connectivity index (χ4n) is 4.03. The quantitative estimate of drug-likeness (QED) is 0.308. The summed E-state index contributed by atoms with van der Waals surface area (Å²) in [5, 5.41) is 6.41. The first-order valence-electron chi connectivity index (χ1n) is 12.0. The topological polar surface area (TPSA) is 91.8 Å². The van der Waals surface area contributed by atoms with Gasteiger partial charge in [0.15, 0.2) is 5.65 Å². The number of amides is 1. The van der Waals surface area contributed by atoms with Gasteiger partial charge in [0.25, 0.3) is 5.91 Å². The normalized spacial score (nSPS) is 12.5. The average Bonchev–Trinajstić information content (AvgIpc) is 3.16. The number of anilines is 3. The number of hydrogen-bond donors (Lipinski definition) is 3. The van der Waals surface area contributed by atoms with Crippen molar-refractivity contribution in [2.24, 2.45) is 0 Å². The maximum absolute atomic E-state index is 13.1. The first-order chi connectivity index (χ1) is 16.6. The molecule has 2 heterocycles. The first kappa shape index (κ1) is 24.3. The second-order valence-electron chi connectivity index (χ2n) is 10.1. The lowest BCUT2D eigenvalue weighted by molar-refractivity contribution is 0.102. The molecule has 4 aromatic rings. The molecule has 3 N–H and O–H groups in total. The zero-order valence-electron chi connectivity index (χ0n) is 21.2. The van der Waals surface area contributed by atoms with Crippen LogP contribution in [-0.2, 0) is 5.41 Å². The molecule has 35 heavy (non-hydrogen) atoms. The minimum atomic E-state index is -0.185. The molecule has 0 aliphatic rings. The third-order valence-corrected chi connectivity index (χ3v) is 6.40. The number of carbonyl (C=O) groups is 1. The van der Waals surface area contributed by atoms with Crippen molar-refractivity contribution in [3.63, 3.8) is 0 Å². The van der Waals surface area contributed by atoms with Crippen LogP contribution in [0.25, 0.3) is 11.2 Å². The molecule has 0 aliphatic heterocycles. The number of hydrogen-bond acceptors (Lipinski definition) is 4. The van der Waals surface area contributed by atoms with Crippen molar-refractivity contribution in [3.05, 3.63) is 81.9 Å². The van der Waals surface area contributed by atoms with Gasteiger partial charge in [0, 0.05) is 29.2 Å². The Morgan fingerprint density at radius 3 is 2.60 bits per heavy atom. The number of aromatic amines is 1. The summed E-state index contributed by atoms with van der Waals surface area (Å²) in [5.41, 5.74) is 6.01. The predicted octanol–water partition coefficient (Wildman–Crippen LogP) is 6.30. The molecule has 182 valence electrons. The van der Waals surface area contributed by atoms with Gasteiger partial charge >= 0.3 is 5.69 Å². The number of fused-ring (bicyclic) bond motifs is 1. The van der Waals surface area contributed by atoms with Gasteiger partial charge in [-0.05, 0) is 67.1 Å². The summed E-state index contributed by atoms with van der Waals surface area (Å²) in [6, 6.07) is 15.3. The number of aryl methyl sites for hydroxylation is 1. The molecule has 2 aromatic heterocycles. The number of pyridine rings is 1. The fourth-order valence-corrected chi connectivity index (χ4v) is 4.03. The van der Waals surface area contributed by atoms with E-state index < -0.39 is 0 Å². The molecule has 2 aromatic carbocycles. The number of carbonyl (C=O) groups excluding carboxylic acids is 1. The Balaban J connectivity index is 1.63. The van der Waals surface area contributed by atoms with E-state index in [1.54, 1.807) is 10.8 Å². The van der Waals surface area contributed by atoms with E-state index in [1.165, 1.54) is 0 Å². The summed E-state index contributed by atoms with van der Waals surface area (Å²) in [7, 11) is 0. The Morgan fingerprint density at radius 2 is 1.89 bits per heavy atom. The van der Waals surface area contributed by atoms with Crippen LogP contribution in [0.2, 0.25) is 0 Å². The molecule has 0 saturated carbocycles. The van der Waals surface area contributed by atoms with Crippen molar-refractivity contribution in [1.29, 1.82) is 0 Å². The van der Waals surface area contributed by atoms with Crippen molar-refractivity contribution in [3.8, 4) is 0 Å². The lowest BCUT2D eigenvalue weighted by Gasteiger charge is -2.20. The van der Waals surface area contributed by atoms with E-state index in [0.29, 0.717) is 16.7 Å². The van der Waals surface area contributed by atoms with Crippen molar-refractivity contribution >= 4 is 34.1 Å². The smallest absolute Gasteiger partial charge is 0.327 e. The predicted molar refractivity (Wildman–Crippen MR) is 143 cm³/mol. The Kier molecular flexibility index (Phi) is 6.52. The number of nitrogens with one attached hydrogen (secondary N) is 3. The maximum Gasteiger partial charge on any atom is 0.327 e. The molecule has 0 radical (unpaired) electrons. The highest BCUT2D eigenvalue weighted by Gasteiger charge is 2.17. The van der Waals surface area contributed by atoms with Gasteiger partial charge in [0.2, 0.25) is 0 Å². The monoisotopic (exact) mass is 471 g/mol. The van der Waals surface area contributed by atoms with Gasteiger partial charge in [-0.1, -0.05) is 45.9 Å². The Labute approximate surface area is 205 Å². The molecule has 1 amide bonds. The second kappa shape index (κ2) is 9.41. The standard InChI is InChI=1S/C28H33N5O2/c1-7-18(3)33-25-24(32-27(33)35)22(13-14-29-25)31-23-15-19(12-11-17(23)2)26(34)30-21-10-8-9-20(16-21)28(4,5)6/h8-16,18H,7H2,1-6H3,(H,29,31)(H,30,34)(H,32,35). The fraction of sp³-hybridized carbons (Fsp3) is 0.321. The van der Waals surface area contributed by atoms with E-state index in [-0.39, 0.29) is 23.1 Å². The van der Waals surface area contributed by atoms with Crippen LogP contribution in [0, 0.1) is 6.92 Å². The number of benzene rings is 2. The molecule has 0 fully saturated rings. The zero-order chi connectivity index (χ0) is 25.3. The molecular weight excluding hydrogens is 438 g/mol. The third-order valence-electron chi connectivity index (χ3n) is 6.40. The van der Waals surface area contributed by atoms with E-state index in [4.69, 9.17) is 0 Å². The zero-order valence-corrected chi connectivity index (χ0v) is 21.2. The molecule has 0 aliphatic carbocycles. The molecule has 7 heteroatoms. The third kappa shape index (κ3) is 4.99. The summed E-state index contributed by atoms with van der Waals surface area (Å²) >= 11 is 0. The highest BCUT2D eigenvalue weighted by molar-refractivity contribution is 6.05. The van der Waals surface area contributed by atoms with Crippen LogP contribution in [0.5, 0.6) is 0 Å².